The van der Waals surface area contributed by atoms with Crippen molar-refractivity contribution in [3.05, 3.63) is 83.8 Å². The number of aromatic nitrogens is 2. The van der Waals surface area contributed by atoms with Crippen molar-refractivity contribution in [1.82, 2.24) is 0 Å². The second-order valence-corrected chi connectivity index (χ2v) is 10.4. The van der Waals surface area contributed by atoms with Gasteiger partial charge in [-0.25, -0.2) is 8.78 Å². The van der Waals surface area contributed by atoms with Crippen LogP contribution >= 0.6 is 0 Å². The van der Waals surface area contributed by atoms with Gasteiger partial charge in [-0.1, -0.05) is 18.5 Å². The Labute approximate surface area is 224 Å². The summed E-state index contributed by atoms with van der Waals surface area (Å²) in [5, 5.41) is 3.62. The Morgan fingerprint density at radius 2 is 1.69 bits per heavy atom. The molecule has 0 bridgehead atoms. The molecule has 0 N–H and O–H groups in total. The maximum atomic E-state index is 15.3. The maximum absolute atomic E-state index is 15.3. The lowest BCUT2D eigenvalue weighted by molar-refractivity contribution is -0.787. The normalized spacial score (nSPS) is 24.2. The number of amidine groups is 1. The highest BCUT2D eigenvalue weighted by molar-refractivity contribution is 5.88. The van der Waals surface area contributed by atoms with E-state index in [2.05, 4.69) is 28.5 Å². The molecule has 0 fully saturated rings. The monoisotopic (exact) mass is 544 g/mol. The largest absolute Gasteiger partial charge is 0.457 e. The van der Waals surface area contributed by atoms with Crippen molar-refractivity contribution in [2.24, 2.45) is 10.1 Å². The standard InChI is InChI=1S/C29H31F5N5/c1-5-27(3)20-17-19(30)18-21(31)24(20)22-11-8-10-15-39(22)28(27,6-2)13-16-38-14-9-7-12-23(38)25-35-26(29(32,33)34)36-37(25)4/h7-12,14-15,17-18,25H,5-6,13,16H2,1-4H3/q+3. The molecule has 39 heavy (non-hydrogen) atoms. The highest BCUT2D eigenvalue weighted by atomic mass is 19.4. The zero-order valence-electron chi connectivity index (χ0n) is 22.3. The molecule has 0 saturated carbocycles. The number of aryl methyl sites for hydroxylation is 1. The minimum Gasteiger partial charge on any atom is -0.207 e. The van der Waals surface area contributed by atoms with Crippen molar-refractivity contribution >= 4 is 5.84 Å². The van der Waals surface area contributed by atoms with E-state index in [-0.39, 0.29) is 0 Å². The van der Waals surface area contributed by atoms with Crippen LogP contribution < -0.4 is 9.13 Å². The van der Waals surface area contributed by atoms with Gasteiger partial charge in [-0.15, -0.1) is 0 Å². The number of benzene rings is 1. The number of fused-ring (bicyclic) bond motifs is 3. The van der Waals surface area contributed by atoms with Crippen LogP contribution in [0.1, 0.15) is 57.5 Å². The minimum absolute atomic E-state index is 0.404. The van der Waals surface area contributed by atoms with Crippen LogP contribution in [0.2, 0.25) is 0 Å². The topological polar surface area (TPSA) is 35.5 Å². The third-order valence-electron chi connectivity index (χ3n) is 8.66. The molecular formula is C29H31F5N5+3. The van der Waals surface area contributed by atoms with Gasteiger partial charge in [0.1, 0.15) is 11.6 Å². The Hall–Kier alpha value is -3.56. The Morgan fingerprint density at radius 1 is 0.974 bits per heavy atom. The fourth-order valence-corrected chi connectivity index (χ4v) is 6.51. The van der Waals surface area contributed by atoms with Gasteiger partial charge in [-0.2, -0.15) is 27.3 Å². The van der Waals surface area contributed by atoms with E-state index in [4.69, 9.17) is 0 Å². The van der Waals surface area contributed by atoms with Crippen molar-refractivity contribution in [2.45, 2.75) is 69.9 Å². The van der Waals surface area contributed by atoms with Crippen LogP contribution in [0.5, 0.6) is 0 Å². The number of rotatable bonds is 6. The predicted molar refractivity (Wildman–Crippen MR) is 134 cm³/mol. The lowest BCUT2D eigenvalue weighted by Gasteiger charge is -2.47. The van der Waals surface area contributed by atoms with Crippen molar-refractivity contribution in [3.63, 3.8) is 0 Å². The molecule has 4 heterocycles. The van der Waals surface area contributed by atoms with Crippen LogP contribution in [0.3, 0.4) is 0 Å². The van der Waals surface area contributed by atoms with Gasteiger partial charge < -0.3 is 0 Å². The first-order chi connectivity index (χ1) is 18.5. The van der Waals surface area contributed by atoms with Crippen LogP contribution in [-0.4, -0.2) is 23.8 Å². The number of alkyl halides is 3. The van der Waals surface area contributed by atoms with Crippen LogP contribution in [-0.2, 0) is 17.5 Å². The first kappa shape index (κ1) is 27.0. The Kier molecular flexibility index (Phi) is 6.63. The summed E-state index contributed by atoms with van der Waals surface area (Å²) in [6.45, 7) is 6.58. The van der Waals surface area contributed by atoms with Crippen LogP contribution in [0, 0.1) is 11.6 Å². The smallest absolute Gasteiger partial charge is 0.207 e. The summed E-state index contributed by atoms with van der Waals surface area (Å²) in [7, 11) is 1.47. The Bertz CT molecular complexity index is 1500. The third-order valence-corrected chi connectivity index (χ3v) is 8.66. The van der Waals surface area contributed by atoms with Gasteiger partial charge in [0.15, 0.2) is 31.5 Å². The molecule has 0 amide bonds. The Balaban J connectivity index is 1.62. The fourth-order valence-electron chi connectivity index (χ4n) is 6.51. The number of pyridine rings is 2. The average molecular weight is 545 g/mol. The Morgan fingerprint density at radius 3 is 2.36 bits per heavy atom. The molecule has 3 atom stereocenters. The second kappa shape index (κ2) is 9.57. The summed E-state index contributed by atoms with van der Waals surface area (Å²) in [5.41, 5.74) is 1.04. The summed E-state index contributed by atoms with van der Waals surface area (Å²) in [6, 6.07) is 13.3. The highest BCUT2D eigenvalue weighted by Gasteiger charge is 2.60. The average Bonchev–Trinajstić information content (AvgIpc) is 3.31. The molecule has 3 unspecified atom stereocenters. The SMILES string of the molecule is CCC1(C)c2cc(F)cc(F)c2-c2cccc[n+]2C1(CC)CC[n+]1ccccc1C1N=C(C(F)(F)F)N=[N+]1C. The molecule has 0 radical (unpaired) electrons. The van der Waals surface area contributed by atoms with E-state index in [1.165, 1.54) is 17.8 Å². The first-order valence-electron chi connectivity index (χ1n) is 13.1. The quantitative estimate of drug-likeness (QED) is 0.264. The van der Waals surface area contributed by atoms with E-state index in [0.29, 0.717) is 48.3 Å². The zero-order valence-corrected chi connectivity index (χ0v) is 22.3. The van der Waals surface area contributed by atoms with Crippen LogP contribution in [0.4, 0.5) is 22.0 Å². The second-order valence-electron chi connectivity index (χ2n) is 10.4. The summed E-state index contributed by atoms with van der Waals surface area (Å²) in [5.74, 6) is -2.38. The van der Waals surface area contributed by atoms with Crippen molar-refractivity contribution in [2.75, 3.05) is 7.05 Å². The van der Waals surface area contributed by atoms with Gasteiger partial charge in [-0.3, -0.25) is 0 Å². The molecule has 0 saturated heterocycles. The summed E-state index contributed by atoms with van der Waals surface area (Å²) in [6.07, 6.45) is 0.0361. The van der Waals surface area contributed by atoms with E-state index >= 15 is 4.39 Å². The van der Waals surface area contributed by atoms with Gasteiger partial charge in [0.2, 0.25) is 5.69 Å². The number of hydrogen-bond donors (Lipinski definition) is 0. The molecule has 0 spiro atoms. The van der Waals surface area contributed by atoms with Gasteiger partial charge in [0, 0.05) is 41.9 Å². The maximum Gasteiger partial charge on any atom is 0.457 e. The first-order valence-corrected chi connectivity index (χ1v) is 13.1. The molecule has 2 aliphatic heterocycles. The van der Waals surface area contributed by atoms with E-state index in [9.17, 15) is 17.6 Å². The summed E-state index contributed by atoms with van der Waals surface area (Å²) in [4.78, 5) is 3.87. The summed E-state index contributed by atoms with van der Waals surface area (Å²) < 4.78 is 75.2. The van der Waals surface area contributed by atoms with Crippen molar-refractivity contribution in [3.8, 4) is 11.3 Å². The molecule has 5 nitrogen and oxygen atoms in total. The van der Waals surface area contributed by atoms with Crippen molar-refractivity contribution < 1.29 is 35.8 Å². The molecule has 2 aromatic heterocycles. The third kappa shape index (κ3) is 4.15. The zero-order chi connectivity index (χ0) is 28.2. The molecular weight excluding hydrogens is 513 g/mol. The number of nitrogens with zero attached hydrogens (tertiary/aromatic N) is 5. The van der Waals surface area contributed by atoms with E-state index < -0.39 is 40.8 Å². The highest BCUT2D eigenvalue weighted by Crippen LogP contribution is 2.52. The lowest BCUT2D eigenvalue weighted by atomic mass is 9.58. The fraction of sp³-hybridized carbons (Fsp3) is 0.414. The molecule has 10 heteroatoms. The van der Waals surface area contributed by atoms with Crippen LogP contribution in [0.25, 0.3) is 11.3 Å². The number of halogens is 5. The van der Waals surface area contributed by atoms with E-state index in [1.54, 1.807) is 12.1 Å². The molecule has 204 valence electrons. The van der Waals surface area contributed by atoms with Gasteiger partial charge >= 0.3 is 18.2 Å². The van der Waals surface area contributed by atoms with E-state index in [0.717, 1.165) is 6.07 Å². The predicted octanol–water partition coefficient (Wildman–Crippen LogP) is 6.15. The van der Waals surface area contributed by atoms with Crippen molar-refractivity contribution in [1.29, 1.82) is 0 Å². The number of azo groups is 2. The van der Waals surface area contributed by atoms with Gasteiger partial charge in [0.25, 0.3) is 5.69 Å². The van der Waals surface area contributed by atoms with Gasteiger partial charge in [-0.05, 0) is 37.1 Å². The molecule has 2 aliphatic rings. The number of hydrogen-bond acceptors (Lipinski definition) is 2. The lowest BCUT2D eigenvalue weighted by Crippen LogP contribution is -2.70. The van der Waals surface area contributed by atoms with E-state index in [1.807, 2.05) is 48.1 Å². The summed E-state index contributed by atoms with van der Waals surface area (Å²) >= 11 is 0. The minimum atomic E-state index is -4.64. The molecule has 3 aromatic rings. The number of aliphatic imine (C=N–C) groups is 1. The molecule has 5 rings (SSSR count). The molecule has 0 aliphatic carbocycles. The molecule has 1 aromatic carbocycles. The van der Waals surface area contributed by atoms with Gasteiger partial charge in [0.05, 0.1) is 17.4 Å². The van der Waals surface area contributed by atoms with Crippen LogP contribution in [0.15, 0.2) is 71.0 Å².